The number of aromatic hydroxyl groups is 1. The summed E-state index contributed by atoms with van der Waals surface area (Å²) < 4.78 is 6.04. The molecule has 1 aromatic heterocycles. The molecule has 0 bridgehead atoms. The van der Waals surface area contributed by atoms with Crippen LogP contribution in [-0.2, 0) is 0 Å². The number of hydrogen-bond donors (Lipinski definition) is 1. The van der Waals surface area contributed by atoms with Crippen LogP contribution in [0.5, 0.6) is 5.75 Å². The van der Waals surface area contributed by atoms with Gasteiger partial charge in [0.25, 0.3) is 0 Å². The highest BCUT2D eigenvalue weighted by atomic mass is 16.3. The number of phenols is 1. The summed E-state index contributed by atoms with van der Waals surface area (Å²) in [4.78, 5) is 0. The number of aryl methyl sites for hydroxylation is 2. The molecular weight excluding hydrogens is 236 g/mol. The minimum absolute atomic E-state index is 0.327. The smallest absolute Gasteiger partial charge is 0.138 e. The third-order valence-electron chi connectivity index (χ3n) is 3.80. The van der Waals surface area contributed by atoms with Gasteiger partial charge in [-0.3, -0.25) is 0 Å². The van der Waals surface area contributed by atoms with Crippen molar-refractivity contribution in [3.05, 3.63) is 53.1 Å². The molecule has 0 aliphatic rings. The first-order valence-corrected chi connectivity index (χ1v) is 6.37. The molecule has 0 amide bonds. The topological polar surface area (TPSA) is 33.4 Å². The molecule has 2 aromatic carbocycles. The van der Waals surface area contributed by atoms with E-state index in [1.54, 1.807) is 6.07 Å². The van der Waals surface area contributed by atoms with Gasteiger partial charge in [0.05, 0.1) is 0 Å². The average molecular weight is 252 g/mol. The Morgan fingerprint density at radius 3 is 2.26 bits per heavy atom. The van der Waals surface area contributed by atoms with E-state index in [1.165, 1.54) is 0 Å². The maximum Gasteiger partial charge on any atom is 0.138 e. The Bertz CT molecular complexity index is 752. The lowest BCUT2D eigenvalue weighted by Crippen LogP contribution is -1.82. The number of phenolic OH excluding ortho intramolecular Hbond substituents is 1. The van der Waals surface area contributed by atoms with Crippen LogP contribution in [0.1, 0.15) is 16.7 Å². The summed E-state index contributed by atoms with van der Waals surface area (Å²) in [5.74, 6) is 1.21. The van der Waals surface area contributed by atoms with Gasteiger partial charge < -0.3 is 9.52 Å². The first kappa shape index (κ1) is 11.8. The lowest BCUT2D eigenvalue weighted by Gasteiger charge is -2.03. The molecule has 0 atom stereocenters. The highest BCUT2D eigenvalue weighted by Gasteiger charge is 2.16. The van der Waals surface area contributed by atoms with E-state index in [9.17, 15) is 5.11 Å². The molecule has 0 saturated heterocycles. The van der Waals surface area contributed by atoms with Crippen LogP contribution in [0.3, 0.4) is 0 Å². The minimum Gasteiger partial charge on any atom is -0.508 e. The second-order valence-corrected chi connectivity index (χ2v) is 4.94. The van der Waals surface area contributed by atoms with Crippen molar-refractivity contribution >= 4 is 11.0 Å². The number of hydrogen-bond acceptors (Lipinski definition) is 2. The second-order valence-electron chi connectivity index (χ2n) is 4.94. The summed E-state index contributed by atoms with van der Waals surface area (Å²) in [5.41, 5.74) is 4.88. The average Bonchev–Trinajstić information content (AvgIpc) is 2.75. The van der Waals surface area contributed by atoms with Crippen molar-refractivity contribution in [2.45, 2.75) is 20.8 Å². The maximum atomic E-state index is 9.96. The molecule has 3 aromatic rings. The fourth-order valence-corrected chi connectivity index (χ4v) is 2.45. The van der Waals surface area contributed by atoms with Crippen LogP contribution < -0.4 is 0 Å². The van der Waals surface area contributed by atoms with Gasteiger partial charge in [0.15, 0.2) is 0 Å². The lowest BCUT2D eigenvalue weighted by molar-refractivity contribution is 0.471. The zero-order valence-corrected chi connectivity index (χ0v) is 11.3. The van der Waals surface area contributed by atoms with Crippen molar-refractivity contribution < 1.29 is 9.52 Å². The van der Waals surface area contributed by atoms with E-state index in [1.807, 2.05) is 51.1 Å². The first-order chi connectivity index (χ1) is 9.09. The molecule has 0 saturated carbocycles. The molecule has 2 nitrogen and oxygen atoms in total. The SMILES string of the molecule is Cc1c(O)cc2c(C)c(-c3ccccc3)oc2c1C. The Kier molecular flexibility index (Phi) is 2.59. The van der Waals surface area contributed by atoms with E-state index in [4.69, 9.17) is 4.42 Å². The zero-order valence-electron chi connectivity index (χ0n) is 11.3. The summed E-state index contributed by atoms with van der Waals surface area (Å²) in [5, 5.41) is 10.9. The molecule has 19 heavy (non-hydrogen) atoms. The summed E-state index contributed by atoms with van der Waals surface area (Å²) >= 11 is 0. The molecule has 0 spiro atoms. The Labute approximate surface area is 112 Å². The third kappa shape index (κ3) is 1.72. The van der Waals surface area contributed by atoms with Crippen LogP contribution in [0.15, 0.2) is 40.8 Å². The molecule has 0 aliphatic heterocycles. The normalized spacial score (nSPS) is 11.1. The van der Waals surface area contributed by atoms with Crippen molar-refractivity contribution in [1.29, 1.82) is 0 Å². The molecule has 0 aliphatic carbocycles. The standard InChI is InChI=1S/C17H16O2/c1-10-11(2)17-14(9-15(10)18)12(3)16(19-17)13-7-5-4-6-8-13/h4-9,18H,1-3H3. The quantitative estimate of drug-likeness (QED) is 0.679. The molecule has 1 heterocycles. The van der Waals surface area contributed by atoms with Crippen molar-refractivity contribution in [2.75, 3.05) is 0 Å². The van der Waals surface area contributed by atoms with E-state index in [-0.39, 0.29) is 0 Å². The van der Waals surface area contributed by atoms with Crippen LogP contribution >= 0.6 is 0 Å². The molecule has 2 heteroatoms. The Morgan fingerprint density at radius 1 is 0.895 bits per heavy atom. The molecule has 1 N–H and O–H groups in total. The summed E-state index contributed by atoms with van der Waals surface area (Å²) in [7, 11) is 0. The van der Waals surface area contributed by atoms with Gasteiger partial charge in [-0.05, 0) is 38.0 Å². The Hall–Kier alpha value is -2.22. The molecular formula is C17H16O2. The van der Waals surface area contributed by atoms with Crippen LogP contribution in [0, 0.1) is 20.8 Å². The molecule has 0 radical (unpaired) electrons. The van der Waals surface area contributed by atoms with Gasteiger partial charge in [0.1, 0.15) is 17.1 Å². The van der Waals surface area contributed by atoms with Gasteiger partial charge in [0.2, 0.25) is 0 Å². The summed E-state index contributed by atoms with van der Waals surface area (Å²) in [6.45, 7) is 5.92. The zero-order chi connectivity index (χ0) is 13.6. The van der Waals surface area contributed by atoms with Gasteiger partial charge >= 0.3 is 0 Å². The minimum atomic E-state index is 0.327. The molecule has 3 rings (SSSR count). The van der Waals surface area contributed by atoms with Crippen molar-refractivity contribution in [2.24, 2.45) is 0 Å². The van der Waals surface area contributed by atoms with Crippen molar-refractivity contribution in [3.63, 3.8) is 0 Å². The maximum absolute atomic E-state index is 9.96. The first-order valence-electron chi connectivity index (χ1n) is 6.37. The van der Waals surface area contributed by atoms with Gasteiger partial charge in [-0.2, -0.15) is 0 Å². The van der Waals surface area contributed by atoms with Crippen LogP contribution in [0.4, 0.5) is 0 Å². The monoisotopic (exact) mass is 252 g/mol. The van der Waals surface area contributed by atoms with Gasteiger partial charge in [0, 0.05) is 16.5 Å². The van der Waals surface area contributed by atoms with Gasteiger partial charge in [-0.25, -0.2) is 0 Å². The second kappa shape index (κ2) is 4.16. The fraction of sp³-hybridized carbons (Fsp3) is 0.176. The lowest BCUT2D eigenvalue weighted by atomic mass is 10.0. The Balaban J connectivity index is 2.36. The molecule has 0 fully saturated rings. The van der Waals surface area contributed by atoms with Crippen LogP contribution in [0.2, 0.25) is 0 Å². The number of rotatable bonds is 1. The largest absolute Gasteiger partial charge is 0.508 e. The summed E-state index contributed by atoms with van der Waals surface area (Å²) in [6.07, 6.45) is 0. The fourth-order valence-electron chi connectivity index (χ4n) is 2.45. The third-order valence-corrected chi connectivity index (χ3v) is 3.80. The van der Waals surface area contributed by atoms with Gasteiger partial charge in [-0.1, -0.05) is 30.3 Å². The van der Waals surface area contributed by atoms with Crippen LogP contribution in [-0.4, -0.2) is 5.11 Å². The van der Waals surface area contributed by atoms with Crippen molar-refractivity contribution in [1.82, 2.24) is 0 Å². The van der Waals surface area contributed by atoms with E-state index >= 15 is 0 Å². The highest BCUT2D eigenvalue weighted by Crippen LogP contribution is 2.38. The van der Waals surface area contributed by atoms with Gasteiger partial charge in [-0.15, -0.1) is 0 Å². The molecule has 96 valence electrons. The van der Waals surface area contributed by atoms with E-state index < -0.39 is 0 Å². The highest BCUT2D eigenvalue weighted by molar-refractivity contribution is 5.91. The van der Waals surface area contributed by atoms with E-state index in [0.29, 0.717) is 5.75 Å². The van der Waals surface area contributed by atoms with E-state index in [0.717, 1.165) is 39.0 Å². The van der Waals surface area contributed by atoms with Crippen molar-refractivity contribution in [3.8, 4) is 17.1 Å². The van der Waals surface area contributed by atoms with Crippen LogP contribution in [0.25, 0.3) is 22.3 Å². The van der Waals surface area contributed by atoms with E-state index in [2.05, 4.69) is 0 Å². The summed E-state index contributed by atoms with van der Waals surface area (Å²) in [6, 6.07) is 11.8. The number of fused-ring (bicyclic) bond motifs is 1. The predicted molar refractivity (Wildman–Crippen MR) is 77.5 cm³/mol. The predicted octanol–water partition coefficient (Wildman–Crippen LogP) is 4.73. The molecule has 0 unspecified atom stereocenters. The number of furan rings is 1. The Morgan fingerprint density at radius 2 is 1.58 bits per heavy atom. The number of benzene rings is 2.